The van der Waals surface area contributed by atoms with Gasteiger partial charge in [-0.05, 0) is 0 Å². The molecule has 1 heterocycles. The minimum atomic E-state index is -3.71. The molecule has 0 spiro atoms. The van der Waals surface area contributed by atoms with Crippen LogP contribution in [0.2, 0.25) is 0 Å². The van der Waals surface area contributed by atoms with Crippen molar-refractivity contribution in [3.63, 3.8) is 0 Å². The van der Waals surface area contributed by atoms with Crippen molar-refractivity contribution in [1.29, 1.82) is 0 Å². The van der Waals surface area contributed by atoms with E-state index >= 15 is 0 Å². The fourth-order valence-electron chi connectivity index (χ4n) is 0.473. The first-order valence-electron chi connectivity index (χ1n) is 2.45. The second-order valence-corrected chi connectivity index (χ2v) is 3.24. The van der Waals surface area contributed by atoms with Crippen LogP contribution in [0.4, 0.5) is 0 Å². The maximum absolute atomic E-state index is 10.5. The Morgan fingerprint density at radius 2 is 2.30 bits per heavy atom. The van der Waals surface area contributed by atoms with Crippen LogP contribution in [0.3, 0.4) is 0 Å². The highest BCUT2D eigenvalue weighted by molar-refractivity contribution is 7.89. The SMILES string of the molecule is Cc1ncc(S(N)(=O)=O)o1. The van der Waals surface area contributed by atoms with E-state index in [0.717, 1.165) is 6.20 Å². The highest BCUT2D eigenvalue weighted by Crippen LogP contribution is 2.06. The van der Waals surface area contributed by atoms with Crippen LogP contribution in [0.15, 0.2) is 15.7 Å². The van der Waals surface area contributed by atoms with Crippen molar-refractivity contribution in [3.05, 3.63) is 12.1 Å². The third-order valence-electron chi connectivity index (χ3n) is 0.880. The molecule has 56 valence electrons. The summed E-state index contributed by atoms with van der Waals surface area (Å²) in [4.78, 5) is 3.56. The predicted molar refractivity (Wildman–Crippen MR) is 32.6 cm³/mol. The molecule has 2 N–H and O–H groups in total. The number of primary sulfonamides is 1. The van der Waals surface area contributed by atoms with Crippen LogP contribution < -0.4 is 5.14 Å². The standard InChI is InChI=1S/C4H6N2O3S/c1-3-6-2-4(9-3)10(5,7)8/h2H,1H3,(H2,5,7,8). The quantitative estimate of drug-likeness (QED) is 0.610. The largest absolute Gasteiger partial charge is 0.428 e. The van der Waals surface area contributed by atoms with Crippen molar-refractivity contribution in [3.8, 4) is 0 Å². The normalized spacial score (nSPS) is 11.8. The Morgan fingerprint density at radius 3 is 2.50 bits per heavy atom. The molecule has 0 saturated heterocycles. The summed E-state index contributed by atoms with van der Waals surface area (Å²) < 4.78 is 25.6. The molecule has 0 atom stereocenters. The van der Waals surface area contributed by atoms with Crippen LogP contribution in [-0.2, 0) is 10.0 Å². The average Bonchev–Trinajstić information content (AvgIpc) is 2.11. The Labute approximate surface area is 57.9 Å². The van der Waals surface area contributed by atoms with E-state index < -0.39 is 10.0 Å². The summed E-state index contributed by atoms with van der Waals surface area (Å²) in [6.07, 6.45) is 1.07. The van der Waals surface area contributed by atoms with Crippen LogP contribution in [0, 0.1) is 6.92 Å². The van der Waals surface area contributed by atoms with Gasteiger partial charge in [0.25, 0.3) is 15.1 Å². The summed E-state index contributed by atoms with van der Waals surface area (Å²) in [5.74, 6) is 0.282. The Kier molecular flexibility index (Phi) is 1.49. The molecule has 0 saturated carbocycles. The molecule has 0 fully saturated rings. The summed E-state index contributed by atoms with van der Waals surface area (Å²) in [5.41, 5.74) is 0. The van der Waals surface area contributed by atoms with Gasteiger partial charge in [0.2, 0.25) is 0 Å². The Hall–Kier alpha value is -0.880. The molecule has 0 aromatic carbocycles. The number of aryl methyl sites for hydroxylation is 1. The second kappa shape index (κ2) is 2.06. The first kappa shape index (κ1) is 7.23. The molecule has 1 aromatic rings. The van der Waals surface area contributed by atoms with Crippen molar-refractivity contribution in [1.82, 2.24) is 4.98 Å². The molecule has 0 aliphatic carbocycles. The zero-order valence-corrected chi connectivity index (χ0v) is 6.05. The number of nitrogens with two attached hydrogens (primary N) is 1. The van der Waals surface area contributed by atoms with Gasteiger partial charge in [-0.25, -0.2) is 18.5 Å². The fraction of sp³-hybridized carbons (Fsp3) is 0.250. The number of aromatic nitrogens is 1. The van der Waals surface area contributed by atoms with Crippen LogP contribution in [-0.4, -0.2) is 13.4 Å². The maximum atomic E-state index is 10.5. The molecular formula is C4H6N2O3S. The third-order valence-corrected chi connectivity index (χ3v) is 1.63. The van der Waals surface area contributed by atoms with Crippen molar-refractivity contribution in [2.45, 2.75) is 12.0 Å². The van der Waals surface area contributed by atoms with Gasteiger partial charge in [0.15, 0.2) is 5.89 Å². The second-order valence-electron chi connectivity index (χ2n) is 1.74. The molecule has 5 nitrogen and oxygen atoms in total. The first-order chi connectivity index (χ1) is 4.50. The van der Waals surface area contributed by atoms with Crippen LogP contribution in [0.25, 0.3) is 0 Å². The van der Waals surface area contributed by atoms with E-state index in [2.05, 4.69) is 9.40 Å². The minimum Gasteiger partial charge on any atom is -0.428 e. The monoisotopic (exact) mass is 162 g/mol. The molecule has 0 unspecified atom stereocenters. The predicted octanol–water partition coefficient (Wildman–Crippen LogP) is -0.370. The van der Waals surface area contributed by atoms with Gasteiger partial charge >= 0.3 is 0 Å². The number of hydrogen-bond donors (Lipinski definition) is 1. The van der Waals surface area contributed by atoms with E-state index in [1.165, 1.54) is 6.92 Å². The van der Waals surface area contributed by atoms with Gasteiger partial charge < -0.3 is 4.42 Å². The van der Waals surface area contributed by atoms with Gasteiger partial charge in [-0.15, -0.1) is 0 Å². The molecule has 0 aliphatic rings. The van der Waals surface area contributed by atoms with Gasteiger partial charge in [0.05, 0.1) is 6.20 Å². The lowest BCUT2D eigenvalue weighted by Gasteiger charge is -1.86. The molecule has 1 rings (SSSR count). The lowest BCUT2D eigenvalue weighted by molar-refractivity contribution is 0.423. The summed E-state index contributed by atoms with van der Waals surface area (Å²) >= 11 is 0. The molecule has 0 amide bonds. The summed E-state index contributed by atoms with van der Waals surface area (Å²) in [6.45, 7) is 1.54. The van der Waals surface area contributed by atoms with Gasteiger partial charge in [0.1, 0.15) is 0 Å². The minimum absolute atomic E-state index is 0.282. The van der Waals surface area contributed by atoms with Crippen molar-refractivity contribution >= 4 is 10.0 Å². The van der Waals surface area contributed by atoms with Gasteiger partial charge in [0, 0.05) is 6.92 Å². The molecule has 0 aliphatic heterocycles. The van der Waals surface area contributed by atoms with Crippen molar-refractivity contribution in [2.75, 3.05) is 0 Å². The van der Waals surface area contributed by atoms with Crippen molar-refractivity contribution < 1.29 is 12.8 Å². The van der Waals surface area contributed by atoms with Crippen LogP contribution in [0.1, 0.15) is 5.89 Å². The lowest BCUT2D eigenvalue weighted by atomic mass is 10.8. The first-order valence-corrected chi connectivity index (χ1v) is 4.00. The summed E-state index contributed by atoms with van der Waals surface area (Å²) in [6, 6.07) is 0. The molecule has 1 aromatic heterocycles. The van der Waals surface area contributed by atoms with E-state index in [9.17, 15) is 8.42 Å². The average molecular weight is 162 g/mol. The van der Waals surface area contributed by atoms with Gasteiger partial charge in [-0.2, -0.15) is 0 Å². The Balaban J connectivity index is 3.21. The zero-order chi connectivity index (χ0) is 7.78. The molecule has 10 heavy (non-hydrogen) atoms. The van der Waals surface area contributed by atoms with E-state index in [1.807, 2.05) is 0 Å². The van der Waals surface area contributed by atoms with E-state index in [0.29, 0.717) is 0 Å². The molecule has 0 radical (unpaired) electrons. The number of hydrogen-bond acceptors (Lipinski definition) is 4. The van der Waals surface area contributed by atoms with E-state index in [4.69, 9.17) is 5.14 Å². The zero-order valence-electron chi connectivity index (χ0n) is 5.23. The summed E-state index contributed by atoms with van der Waals surface area (Å²) in [7, 11) is -3.71. The topological polar surface area (TPSA) is 86.2 Å². The van der Waals surface area contributed by atoms with Crippen LogP contribution in [0.5, 0.6) is 0 Å². The van der Waals surface area contributed by atoms with E-state index in [-0.39, 0.29) is 11.0 Å². The fourth-order valence-corrected chi connectivity index (χ4v) is 0.910. The highest BCUT2D eigenvalue weighted by atomic mass is 32.2. The third kappa shape index (κ3) is 1.34. The molecule has 0 bridgehead atoms. The maximum Gasteiger partial charge on any atom is 0.273 e. The smallest absolute Gasteiger partial charge is 0.273 e. The number of rotatable bonds is 1. The Morgan fingerprint density at radius 1 is 1.70 bits per heavy atom. The number of sulfonamides is 1. The lowest BCUT2D eigenvalue weighted by Crippen LogP contribution is -2.10. The number of nitrogens with zero attached hydrogens (tertiary/aromatic N) is 1. The van der Waals surface area contributed by atoms with Gasteiger partial charge in [-0.3, -0.25) is 0 Å². The number of oxazole rings is 1. The Bertz CT molecular complexity index is 326. The van der Waals surface area contributed by atoms with Crippen molar-refractivity contribution in [2.24, 2.45) is 5.14 Å². The highest BCUT2D eigenvalue weighted by Gasteiger charge is 2.11. The van der Waals surface area contributed by atoms with Crippen LogP contribution >= 0.6 is 0 Å². The van der Waals surface area contributed by atoms with Gasteiger partial charge in [-0.1, -0.05) is 0 Å². The van der Waals surface area contributed by atoms with E-state index in [1.54, 1.807) is 0 Å². The molecular weight excluding hydrogens is 156 g/mol. The molecule has 6 heteroatoms. The summed E-state index contributed by atoms with van der Waals surface area (Å²) in [5, 5.41) is 4.41.